The van der Waals surface area contributed by atoms with Crippen molar-refractivity contribution in [2.75, 3.05) is 6.61 Å². The van der Waals surface area contributed by atoms with Crippen LogP contribution in [0.1, 0.15) is 20.7 Å². The molecular formula is C12H10O4. The predicted molar refractivity (Wildman–Crippen MR) is 56.8 cm³/mol. The molecule has 1 aromatic rings. The van der Waals surface area contributed by atoms with Crippen LogP contribution in [0.2, 0.25) is 0 Å². The molecule has 1 aliphatic carbocycles. The van der Waals surface area contributed by atoms with E-state index in [4.69, 9.17) is 4.74 Å². The Morgan fingerprint density at radius 2 is 2.12 bits per heavy atom. The fraction of sp³-hybridized carbons (Fsp3) is 0.167. The number of hydrogen-bond donors (Lipinski definition) is 1. The molecule has 1 N–H and O–H groups in total. The van der Waals surface area contributed by atoms with Gasteiger partial charge in [0.25, 0.3) is 0 Å². The van der Waals surface area contributed by atoms with Crippen molar-refractivity contribution in [3.63, 3.8) is 0 Å². The van der Waals surface area contributed by atoms with E-state index in [0.29, 0.717) is 5.75 Å². The summed E-state index contributed by atoms with van der Waals surface area (Å²) >= 11 is 0. The number of hydrogen-bond acceptors (Lipinski definition) is 4. The van der Waals surface area contributed by atoms with Crippen molar-refractivity contribution in [2.24, 2.45) is 0 Å². The Labute approximate surface area is 92.2 Å². The Morgan fingerprint density at radius 1 is 1.38 bits per heavy atom. The van der Waals surface area contributed by atoms with Crippen LogP contribution in [0.15, 0.2) is 30.9 Å². The molecule has 16 heavy (non-hydrogen) atoms. The van der Waals surface area contributed by atoms with E-state index in [1.165, 1.54) is 12.1 Å². The lowest BCUT2D eigenvalue weighted by Gasteiger charge is -2.06. The maximum Gasteiger partial charge on any atom is 0.203 e. The van der Waals surface area contributed by atoms with Gasteiger partial charge in [0.15, 0.2) is 11.9 Å². The maximum absolute atomic E-state index is 11.6. The molecule has 1 aromatic carbocycles. The average Bonchev–Trinajstić information content (AvgIpc) is 2.53. The number of aliphatic hydroxyl groups is 1. The summed E-state index contributed by atoms with van der Waals surface area (Å²) in [4.78, 5) is 23.1. The zero-order valence-corrected chi connectivity index (χ0v) is 8.47. The van der Waals surface area contributed by atoms with E-state index in [2.05, 4.69) is 6.58 Å². The van der Waals surface area contributed by atoms with Crippen LogP contribution in [0.25, 0.3) is 0 Å². The van der Waals surface area contributed by atoms with Crippen molar-refractivity contribution >= 4 is 11.6 Å². The highest BCUT2D eigenvalue weighted by Crippen LogP contribution is 2.30. The smallest absolute Gasteiger partial charge is 0.203 e. The molecule has 0 amide bonds. The van der Waals surface area contributed by atoms with Crippen molar-refractivity contribution in [3.8, 4) is 5.75 Å². The van der Waals surface area contributed by atoms with E-state index in [1.54, 1.807) is 12.1 Å². The fourth-order valence-electron chi connectivity index (χ4n) is 1.66. The van der Waals surface area contributed by atoms with E-state index in [1.807, 2.05) is 0 Å². The molecule has 4 heteroatoms. The Bertz CT molecular complexity index is 476. The van der Waals surface area contributed by atoms with E-state index in [0.717, 1.165) is 0 Å². The van der Waals surface area contributed by atoms with Gasteiger partial charge in [0.2, 0.25) is 5.78 Å². The molecule has 0 aliphatic heterocycles. The van der Waals surface area contributed by atoms with Gasteiger partial charge in [-0.1, -0.05) is 24.8 Å². The predicted octanol–water partition coefficient (Wildman–Crippen LogP) is 0.991. The topological polar surface area (TPSA) is 63.6 Å². The molecular weight excluding hydrogens is 208 g/mol. The summed E-state index contributed by atoms with van der Waals surface area (Å²) in [6.45, 7) is 3.74. The molecule has 0 saturated heterocycles. The summed E-state index contributed by atoms with van der Waals surface area (Å²) in [5.41, 5.74) is 0.390. The second kappa shape index (κ2) is 3.90. The third-order valence-corrected chi connectivity index (χ3v) is 2.39. The summed E-state index contributed by atoms with van der Waals surface area (Å²) in [6, 6.07) is 4.71. The van der Waals surface area contributed by atoms with Crippen molar-refractivity contribution < 1.29 is 19.4 Å². The van der Waals surface area contributed by atoms with Gasteiger partial charge in [0, 0.05) is 5.56 Å². The van der Waals surface area contributed by atoms with E-state index < -0.39 is 17.7 Å². The molecule has 0 heterocycles. The standard InChI is InChI=1S/C12H10O4/c1-2-6-16-8-5-3-4-7-9(8)11(14)12(15)10(7)13/h2-5,12,15H,1,6H2. The second-order valence-electron chi connectivity index (χ2n) is 3.41. The number of fused-ring (bicyclic) bond motifs is 1. The number of carbonyl (C=O) groups is 2. The molecule has 1 unspecified atom stereocenters. The van der Waals surface area contributed by atoms with Gasteiger partial charge in [-0.15, -0.1) is 0 Å². The van der Waals surface area contributed by atoms with E-state index in [9.17, 15) is 14.7 Å². The largest absolute Gasteiger partial charge is 0.489 e. The van der Waals surface area contributed by atoms with Gasteiger partial charge in [0.1, 0.15) is 12.4 Å². The van der Waals surface area contributed by atoms with Gasteiger partial charge in [-0.2, -0.15) is 0 Å². The van der Waals surface area contributed by atoms with Gasteiger partial charge in [-0.3, -0.25) is 9.59 Å². The minimum absolute atomic E-state index is 0.168. The van der Waals surface area contributed by atoms with Crippen molar-refractivity contribution in [1.82, 2.24) is 0 Å². The monoisotopic (exact) mass is 218 g/mol. The number of ketones is 2. The Hall–Kier alpha value is -1.94. The van der Waals surface area contributed by atoms with Gasteiger partial charge in [-0.05, 0) is 6.07 Å². The second-order valence-corrected chi connectivity index (χ2v) is 3.41. The Kier molecular flexibility index (Phi) is 2.58. The summed E-state index contributed by atoms with van der Waals surface area (Å²) in [5.74, 6) is -0.851. The summed E-state index contributed by atoms with van der Waals surface area (Å²) in [5, 5.41) is 9.36. The first-order chi connectivity index (χ1) is 7.66. The van der Waals surface area contributed by atoms with Gasteiger partial charge < -0.3 is 9.84 Å². The minimum atomic E-state index is -1.58. The molecule has 0 saturated carbocycles. The molecule has 0 aromatic heterocycles. The molecule has 82 valence electrons. The van der Waals surface area contributed by atoms with Crippen LogP contribution in [-0.2, 0) is 0 Å². The highest BCUT2D eigenvalue weighted by atomic mass is 16.5. The van der Waals surface area contributed by atoms with Crippen LogP contribution < -0.4 is 4.74 Å². The lowest BCUT2D eigenvalue weighted by atomic mass is 10.1. The highest BCUT2D eigenvalue weighted by molar-refractivity contribution is 6.29. The SMILES string of the molecule is C=CCOc1cccc2c1C(=O)C(O)C2=O. The van der Waals surface area contributed by atoms with E-state index >= 15 is 0 Å². The average molecular weight is 218 g/mol. The third-order valence-electron chi connectivity index (χ3n) is 2.39. The fourth-order valence-corrected chi connectivity index (χ4v) is 1.66. The molecule has 4 nitrogen and oxygen atoms in total. The quantitative estimate of drug-likeness (QED) is 0.607. The Morgan fingerprint density at radius 3 is 2.81 bits per heavy atom. The van der Waals surface area contributed by atoms with Crippen LogP contribution in [0.4, 0.5) is 0 Å². The molecule has 0 spiro atoms. The third kappa shape index (κ3) is 1.44. The molecule has 1 aliphatic rings. The first-order valence-electron chi connectivity index (χ1n) is 4.80. The van der Waals surface area contributed by atoms with Crippen molar-refractivity contribution in [1.29, 1.82) is 0 Å². The summed E-state index contributed by atoms with van der Waals surface area (Å²) in [7, 11) is 0. The number of ether oxygens (including phenoxy) is 1. The first kappa shape index (κ1) is 10.6. The lowest BCUT2D eigenvalue weighted by molar-refractivity contribution is 0.0662. The molecule has 2 rings (SSSR count). The van der Waals surface area contributed by atoms with Gasteiger partial charge in [0.05, 0.1) is 5.56 Å². The normalized spacial score (nSPS) is 18.4. The zero-order chi connectivity index (χ0) is 11.7. The molecule has 1 atom stereocenters. The van der Waals surface area contributed by atoms with Crippen molar-refractivity contribution in [3.05, 3.63) is 42.0 Å². The van der Waals surface area contributed by atoms with E-state index in [-0.39, 0.29) is 17.7 Å². The van der Waals surface area contributed by atoms with Crippen LogP contribution in [0.3, 0.4) is 0 Å². The number of rotatable bonds is 3. The van der Waals surface area contributed by atoms with Gasteiger partial charge >= 0.3 is 0 Å². The molecule has 0 radical (unpaired) electrons. The van der Waals surface area contributed by atoms with Crippen LogP contribution in [0, 0.1) is 0 Å². The van der Waals surface area contributed by atoms with Crippen LogP contribution in [-0.4, -0.2) is 29.4 Å². The minimum Gasteiger partial charge on any atom is -0.489 e. The highest BCUT2D eigenvalue weighted by Gasteiger charge is 2.39. The first-order valence-corrected chi connectivity index (χ1v) is 4.80. The van der Waals surface area contributed by atoms with Crippen LogP contribution in [0.5, 0.6) is 5.75 Å². The number of benzene rings is 1. The van der Waals surface area contributed by atoms with Gasteiger partial charge in [-0.25, -0.2) is 0 Å². The summed E-state index contributed by atoms with van der Waals surface area (Å²) in [6.07, 6.45) is -0.0413. The number of aliphatic hydroxyl groups excluding tert-OH is 1. The number of Topliss-reactive ketones (excluding diaryl/α,β-unsaturated/α-hetero) is 2. The summed E-state index contributed by atoms with van der Waals surface area (Å²) < 4.78 is 5.26. The lowest BCUT2D eigenvalue weighted by Crippen LogP contribution is -2.20. The Balaban J connectivity index is 2.49. The maximum atomic E-state index is 11.6. The molecule has 0 bridgehead atoms. The van der Waals surface area contributed by atoms with Crippen LogP contribution >= 0.6 is 0 Å². The molecule has 0 fully saturated rings. The zero-order valence-electron chi connectivity index (χ0n) is 8.47. The van der Waals surface area contributed by atoms with Crippen molar-refractivity contribution in [2.45, 2.75) is 6.10 Å². The number of carbonyl (C=O) groups excluding carboxylic acids is 2.